The second-order valence-corrected chi connectivity index (χ2v) is 3.34. The number of halogens is 1. The van der Waals surface area contributed by atoms with Crippen LogP contribution in [0.5, 0.6) is 0 Å². The molecule has 1 rings (SSSR count). The van der Waals surface area contributed by atoms with Crippen molar-refractivity contribution in [1.29, 1.82) is 0 Å². The summed E-state index contributed by atoms with van der Waals surface area (Å²) in [5.74, 6) is -0.966. The van der Waals surface area contributed by atoms with Gasteiger partial charge >= 0.3 is 0 Å². The number of nitrogens with one attached hydrogen (secondary N) is 1. The summed E-state index contributed by atoms with van der Waals surface area (Å²) in [6.45, 7) is -0.0211. The van der Waals surface area contributed by atoms with Crippen molar-refractivity contribution >= 4 is 11.8 Å². The Bertz CT molecular complexity index is 389. The molecule has 0 saturated carbocycles. The number of carbonyl (C=O) groups excluding carboxylic acids is 2. The molecule has 0 aliphatic heterocycles. The number of carbonyl (C=O) groups is 2. The normalized spacial score (nSPS) is 9.69. The number of rotatable bonds is 3. The van der Waals surface area contributed by atoms with Crippen LogP contribution in [0, 0.1) is 5.82 Å². The van der Waals surface area contributed by atoms with E-state index in [0.717, 1.165) is 0 Å². The van der Waals surface area contributed by atoms with Gasteiger partial charge in [-0.2, -0.15) is 0 Å². The quantitative estimate of drug-likeness (QED) is 0.819. The van der Waals surface area contributed by atoms with Crippen molar-refractivity contribution in [3.63, 3.8) is 0 Å². The first-order valence-corrected chi connectivity index (χ1v) is 4.76. The van der Waals surface area contributed by atoms with Gasteiger partial charge in [0.2, 0.25) is 5.91 Å². The molecule has 0 spiro atoms. The monoisotopic (exact) mass is 224 g/mol. The summed E-state index contributed by atoms with van der Waals surface area (Å²) < 4.78 is 12.6. The van der Waals surface area contributed by atoms with Crippen LogP contribution in [0.4, 0.5) is 4.39 Å². The van der Waals surface area contributed by atoms with Gasteiger partial charge in [-0.05, 0) is 24.3 Å². The van der Waals surface area contributed by atoms with Gasteiger partial charge in [0.05, 0.1) is 6.54 Å². The summed E-state index contributed by atoms with van der Waals surface area (Å²) in [7, 11) is 3.01. The summed E-state index contributed by atoms with van der Waals surface area (Å²) in [4.78, 5) is 24.0. The molecule has 2 amide bonds. The maximum atomic E-state index is 12.6. The Morgan fingerprint density at radius 3 is 2.38 bits per heavy atom. The van der Waals surface area contributed by atoms with Crippen LogP contribution >= 0.6 is 0 Å². The molecule has 5 heteroatoms. The third kappa shape index (κ3) is 3.05. The molecule has 0 aromatic heterocycles. The smallest absolute Gasteiger partial charge is 0.254 e. The lowest BCUT2D eigenvalue weighted by molar-refractivity contribution is -0.121. The van der Waals surface area contributed by atoms with Crippen LogP contribution < -0.4 is 5.32 Å². The Morgan fingerprint density at radius 1 is 1.31 bits per heavy atom. The van der Waals surface area contributed by atoms with E-state index >= 15 is 0 Å². The van der Waals surface area contributed by atoms with E-state index in [0.29, 0.717) is 5.56 Å². The van der Waals surface area contributed by atoms with Gasteiger partial charge in [-0.3, -0.25) is 9.59 Å². The van der Waals surface area contributed by atoms with E-state index in [1.807, 2.05) is 0 Å². The molecule has 4 nitrogen and oxygen atoms in total. The molecule has 0 radical (unpaired) electrons. The highest BCUT2D eigenvalue weighted by atomic mass is 19.1. The van der Waals surface area contributed by atoms with Gasteiger partial charge in [0.1, 0.15) is 5.82 Å². The molecule has 0 atom stereocenters. The van der Waals surface area contributed by atoms with Crippen LogP contribution in [0.3, 0.4) is 0 Å². The summed E-state index contributed by atoms with van der Waals surface area (Å²) in [6, 6.07) is 5.19. The van der Waals surface area contributed by atoms with Crippen LogP contribution in [-0.2, 0) is 4.79 Å². The minimum Gasteiger partial charge on any atom is -0.358 e. The van der Waals surface area contributed by atoms with Crippen LogP contribution in [0.25, 0.3) is 0 Å². The van der Waals surface area contributed by atoms with Crippen molar-refractivity contribution in [2.75, 3.05) is 20.6 Å². The maximum absolute atomic E-state index is 12.6. The van der Waals surface area contributed by atoms with Crippen molar-refractivity contribution in [1.82, 2.24) is 10.2 Å². The van der Waals surface area contributed by atoms with E-state index in [2.05, 4.69) is 5.32 Å². The first-order chi connectivity index (χ1) is 7.54. The lowest BCUT2D eigenvalue weighted by Gasteiger charge is -2.15. The lowest BCUT2D eigenvalue weighted by Crippen LogP contribution is -2.36. The van der Waals surface area contributed by atoms with E-state index in [-0.39, 0.29) is 18.4 Å². The van der Waals surface area contributed by atoms with Gasteiger partial charge in [0.25, 0.3) is 5.91 Å². The molecule has 0 bridgehead atoms. The Morgan fingerprint density at radius 2 is 1.88 bits per heavy atom. The minimum atomic E-state index is -0.398. The van der Waals surface area contributed by atoms with E-state index in [4.69, 9.17) is 0 Å². The Balaban J connectivity index is 2.70. The van der Waals surface area contributed by atoms with E-state index < -0.39 is 5.82 Å². The van der Waals surface area contributed by atoms with Crippen molar-refractivity contribution in [2.45, 2.75) is 0 Å². The van der Waals surface area contributed by atoms with E-state index in [1.165, 1.54) is 43.3 Å². The average molecular weight is 224 g/mol. The van der Waals surface area contributed by atoms with Crippen LogP contribution in [0.15, 0.2) is 24.3 Å². The number of hydrogen-bond donors (Lipinski definition) is 1. The average Bonchev–Trinajstić information content (AvgIpc) is 2.28. The SMILES string of the molecule is CNC(=O)CN(C)C(=O)c1ccc(F)cc1. The molecule has 1 aromatic rings. The highest BCUT2D eigenvalue weighted by molar-refractivity contribution is 5.96. The third-order valence-corrected chi connectivity index (χ3v) is 2.10. The zero-order valence-electron chi connectivity index (χ0n) is 9.16. The summed E-state index contributed by atoms with van der Waals surface area (Å²) in [6.07, 6.45) is 0. The number of hydrogen-bond acceptors (Lipinski definition) is 2. The molecule has 16 heavy (non-hydrogen) atoms. The summed E-state index contributed by atoms with van der Waals surface area (Å²) in [5.41, 5.74) is 0.354. The standard InChI is InChI=1S/C11H13FN2O2/c1-13-10(15)7-14(2)11(16)8-3-5-9(12)6-4-8/h3-6H,7H2,1-2H3,(H,13,15). The van der Waals surface area contributed by atoms with Crippen molar-refractivity contribution in [2.24, 2.45) is 0 Å². The molecule has 0 aliphatic carbocycles. The molecule has 0 fully saturated rings. The Kier molecular flexibility index (Phi) is 3.99. The minimum absolute atomic E-state index is 0.0211. The molecule has 0 aliphatic rings. The summed E-state index contributed by atoms with van der Waals surface area (Å²) in [5, 5.41) is 2.42. The Labute approximate surface area is 93.1 Å². The van der Waals surface area contributed by atoms with Crippen LogP contribution in [-0.4, -0.2) is 37.4 Å². The summed E-state index contributed by atoms with van der Waals surface area (Å²) >= 11 is 0. The van der Waals surface area contributed by atoms with Crippen molar-refractivity contribution in [3.8, 4) is 0 Å². The highest BCUT2D eigenvalue weighted by Gasteiger charge is 2.13. The second kappa shape index (κ2) is 5.25. The molecule has 1 N–H and O–H groups in total. The molecule has 86 valence electrons. The zero-order valence-corrected chi connectivity index (χ0v) is 9.16. The van der Waals surface area contributed by atoms with E-state index in [9.17, 15) is 14.0 Å². The number of amides is 2. The van der Waals surface area contributed by atoms with Gasteiger partial charge in [0, 0.05) is 19.7 Å². The van der Waals surface area contributed by atoms with Crippen LogP contribution in [0.1, 0.15) is 10.4 Å². The number of likely N-dealkylation sites (N-methyl/N-ethyl adjacent to an activating group) is 2. The number of nitrogens with zero attached hydrogens (tertiary/aromatic N) is 1. The predicted octanol–water partition coefficient (Wildman–Crippen LogP) is 0.644. The van der Waals surface area contributed by atoms with Gasteiger partial charge in [0.15, 0.2) is 0 Å². The first-order valence-electron chi connectivity index (χ1n) is 4.76. The lowest BCUT2D eigenvalue weighted by atomic mass is 10.2. The Hall–Kier alpha value is -1.91. The molecule has 0 saturated heterocycles. The highest BCUT2D eigenvalue weighted by Crippen LogP contribution is 2.05. The largest absolute Gasteiger partial charge is 0.358 e. The van der Waals surface area contributed by atoms with Gasteiger partial charge in [-0.25, -0.2) is 4.39 Å². The molecule has 0 heterocycles. The topological polar surface area (TPSA) is 49.4 Å². The van der Waals surface area contributed by atoms with Crippen LogP contribution in [0.2, 0.25) is 0 Å². The third-order valence-electron chi connectivity index (χ3n) is 2.10. The van der Waals surface area contributed by atoms with E-state index in [1.54, 1.807) is 0 Å². The predicted molar refractivity (Wildman–Crippen MR) is 57.4 cm³/mol. The molecule has 0 unspecified atom stereocenters. The first kappa shape index (κ1) is 12.2. The fraction of sp³-hybridized carbons (Fsp3) is 0.273. The maximum Gasteiger partial charge on any atom is 0.254 e. The van der Waals surface area contributed by atoms with Gasteiger partial charge in [-0.1, -0.05) is 0 Å². The van der Waals surface area contributed by atoms with Crippen molar-refractivity contribution < 1.29 is 14.0 Å². The van der Waals surface area contributed by atoms with Gasteiger partial charge < -0.3 is 10.2 Å². The fourth-order valence-corrected chi connectivity index (χ4v) is 1.18. The van der Waals surface area contributed by atoms with Crippen molar-refractivity contribution in [3.05, 3.63) is 35.6 Å². The molecular formula is C11H13FN2O2. The zero-order chi connectivity index (χ0) is 12.1. The van der Waals surface area contributed by atoms with Gasteiger partial charge in [-0.15, -0.1) is 0 Å². The fourth-order valence-electron chi connectivity index (χ4n) is 1.18. The molecule has 1 aromatic carbocycles. The number of benzene rings is 1. The molecular weight excluding hydrogens is 211 g/mol. The second-order valence-electron chi connectivity index (χ2n) is 3.34.